The summed E-state index contributed by atoms with van der Waals surface area (Å²) < 4.78 is 9.99. The Labute approximate surface area is 152 Å². The first-order valence-corrected chi connectivity index (χ1v) is 8.26. The lowest BCUT2D eigenvalue weighted by molar-refractivity contribution is -0.131. The summed E-state index contributed by atoms with van der Waals surface area (Å²) in [6, 6.07) is 13.2. The number of Topliss-reactive ketones (excluding diaryl/α,β-unsaturated/α-hetero) is 1. The zero-order valence-corrected chi connectivity index (χ0v) is 15.4. The van der Waals surface area contributed by atoms with Gasteiger partial charge in [0.2, 0.25) is 0 Å². The largest absolute Gasteiger partial charge is 0.454 e. The third-order valence-electron chi connectivity index (χ3n) is 3.76. The maximum atomic E-state index is 12.1. The van der Waals surface area contributed by atoms with Crippen LogP contribution in [0.15, 0.2) is 48.5 Å². The number of ether oxygens (including phenoxy) is 2. The molecule has 0 spiro atoms. The van der Waals surface area contributed by atoms with Crippen LogP contribution < -0.4 is 4.74 Å². The normalized spacial score (nSPS) is 10.9. The highest BCUT2D eigenvalue weighted by molar-refractivity contribution is 5.99. The first-order valence-electron chi connectivity index (χ1n) is 8.26. The Bertz CT molecular complexity index is 796. The van der Waals surface area contributed by atoms with E-state index in [1.807, 2.05) is 12.1 Å². The molecule has 0 saturated heterocycles. The molecule has 0 aromatic heterocycles. The highest BCUT2D eigenvalue weighted by Crippen LogP contribution is 2.22. The Balaban J connectivity index is 1.94. The van der Waals surface area contributed by atoms with Crippen molar-refractivity contribution in [3.63, 3.8) is 0 Å². The predicted octanol–water partition coefficient (Wildman–Crippen LogP) is 3.95. The summed E-state index contributed by atoms with van der Waals surface area (Å²) >= 11 is 0. The molecular formula is C21H22O5. The van der Waals surface area contributed by atoms with E-state index >= 15 is 0 Å². The molecule has 0 unspecified atom stereocenters. The van der Waals surface area contributed by atoms with Crippen LogP contribution in [0.1, 0.15) is 54.0 Å². The van der Waals surface area contributed by atoms with Gasteiger partial charge in [-0.15, -0.1) is 0 Å². The molecule has 26 heavy (non-hydrogen) atoms. The summed E-state index contributed by atoms with van der Waals surface area (Å²) in [4.78, 5) is 35.1. The molecule has 0 saturated carbocycles. The Kier molecular flexibility index (Phi) is 5.93. The van der Waals surface area contributed by atoms with Crippen molar-refractivity contribution in [2.75, 3.05) is 6.61 Å². The van der Waals surface area contributed by atoms with Gasteiger partial charge in [0.05, 0.1) is 5.56 Å². The monoisotopic (exact) mass is 354 g/mol. The summed E-state index contributed by atoms with van der Waals surface area (Å²) in [5.74, 6) is -0.963. The summed E-state index contributed by atoms with van der Waals surface area (Å²) in [5.41, 5.74) is 1.88. The van der Waals surface area contributed by atoms with Gasteiger partial charge in [-0.25, -0.2) is 4.79 Å². The van der Waals surface area contributed by atoms with Crippen LogP contribution in [0.2, 0.25) is 0 Å². The molecule has 0 N–H and O–H groups in total. The van der Waals surface area contributed by atoms with Gasteiger partial charge in [-0.2, -0.15) is 0 Å². The Hall–Kier alpha value is -2.95. The summed E-state index contributed by atoms with van der Waals surface area (Å²) in [5, 5.41) is 0. The van der Waals surface area contributed by atoms with Crippen molar-refractivity contribution in [3.8, 4) is 5.75 Å². The number of carbonyl (C=O) groups excluding carboxylic acids is 3. The standard InChI is InChI=1S/C21H22O5/c1-14(22)26-18-11-7-15(8-12-18)19(23)13-25-20(24)16-5-9-17(10-6-16)21(2,3)4/h5-12H,13H2,1-4H3. The summed E-state index contributed by atoms with van der Waals surface area (Å²) in [7, 11) is 0. The minimum atomic E-state index is -0.546. The first kappa shape index (κ1) is 19.4. The predicted molar refractivity (Wildman–Crippen MR) is 97.5 cm³/mol. The Morgan fingerprint density at radius 3 is 1.88 bits per heavy atom. The van der Waals surface area contributed by atoms with E-state index in [0.29, 0.717) is 16.9 Å². The fraction of sp³-hybridized carbons (Fsp3) is 0.286. The van der Waals surface area contributed by atoms with Crippen molar-refractivity contribution in [3.05, 3.63) is 65.2 Å². The second kappa shape index (κ2) is 7.95. The van der Waals surface area contributed by atoms with Crippen molar-refractivity contribution >= 4 is 17.7 Å². The molecular weight excluding hydrogens is 332 g/mol. The topological polar surface area (TPSA) is 69.7 Å². The lowest BCUT2D eigenvalue weighted by Crippen LogP contribution is -2.15. The average Bonchev–Trinajstić information content (AvgIpc) is 2.59. The van der Waals surface area contributed by atoms with Crippen LogP contribution in [0, 0.1) is 0 Å². The van der Waals surface area contributed by atoms with Crippen molar-refractivity contribution in [1.82, 2.24) is 0 Å². The quantitative estimate of drug-likeness (QED) is 0.462. The highest BCUT2D eigenvalue weighted by atomic mass is 16.5. The maximum Gasteiger partial charge on any atom is 0.338 e. The number of benzene rings is 2. The van der Waals surface area contributed by atoms with E-state index in [1.165, 1.54) is 31.2 Å². The SMILES string of the molecule is CC(=O)Oc1ccc(C(=O)COC(=O)c2ccc(C(C)(C)C)cc2)cc1. The number of ketones is 1. The van der Waals surface area contributed by atoms with E-state index in [4.69, 9.17) is 9.47 Å². The number of hydrogen-bond donors (Lipinski definition) is 0. The van der Waals surface area contributed by atoms with Gasteiger partial charge in [-0.05, 0) is 47.4 Å². The second-order valence-electron chi connectivity index (χ2n) is 6.94. The molecule has 0 radical (unpaired) electrons. The van der Waals surface area contributed by atoms with Crippen LogP contribution in [0.5, 0.6) is 5.75 Å². The van der Waals surface area contributed by atoms with Crippen molar-refractivity contribution < 1.29 is 23.9 Å². The lowest BCUT2D eigenvalue weighted by atomic mass is 9.87. The molecule has 0 atom stereocenters. The molecule has 5 nitrogen and oxygen atoms in total. The fourth-order valence-electron chi connectivity index (χ4n) is 2.28. The van der Waals surface area contributed by atoms with E-state index in [1.54, 1.807) is 12.1 Å². The van der Waals surface area contributed by atoms with Gasteiger partial charge in [0.1, 0.15) is 5.75 Å². The van der Waals surface area contributed by atoms with E-state index in [0.717, 1.165) is 5.56 Å². The molecule has 2 aromatic carbocycles. The molecule has 5 heteroatoms. The molecule has 136 valence electrons. The zero-order valence-electron chi connectivity index (χ0n) is 15.4. The van der Waals surface area contributed by atoms with Gasteiger partial charge in [0.15, 0.2) is 12.4 Å². The number of rotatable bonds is 5. The van der Waals surface area contributed by atoms with Crippen LogP contribution in [0.4, 0.5) is 0 Å². The van der Waals surface area contributed by atoms with Crippen LogP contribution in [-0.4, -0.2) is 24.3 Å². The summed E-state index contributed by atoms with van der Waals surface area (Å²) in [6.07, 6.45) is 0. The molecule has 2 aromatic rings. The Morgan fingerprint density at radius 2 is 1.38 bits per heavy atom. The van der Waals surface area contributed by atoms with Gasteiger partial charge in [-0.1, -0.05) is 32.9 Å². The summed E-state index contributed by atoms with van der Waals surface area (Å²) in [6.45, 7) is 7.21. The van der Waals surface area contributed by atoms with E-state index < -0.39 is 11.9 Å². The van der Waals surface area contributed by atoms with Gasteiger partial charge >= 0.3 is 11.9 Å². The van der Waals surface area contributed by atoms with Crippen molar-refractivity contribution in [2.45, 2.75) is 33.1 Å². The highest BCUT2D eigenvalue weighted by Gasteiger charge is 2.16. The van der Waals surface area contributed by atoms with Crippen LogP contribution >= 0.6 is 0 Å². The van der Waals surface area contributed by atoms with Crippen molar-refractivity contribution in [1.29, 1.82) is 0 Å². The molecule has 0 bridgehead atoms. The van der Waals surface area contributed by atoms with Gasteiger partial charge < -0.3 is 9.47 Å². The maximum absolute atomic E-state index is 12.1. The molecule has 0 fully saturated rings. The molecule has 0 aliphatic carbocycles. The van der Waals surface area contributed by atoms with Crippen molar-refractivity contribution in [2.24, 2.45) is 0 Å². The lowest BCUT2D eigenvalue weighted by Gasteiger charge is -2.18. The van der Waals surface area contributed by atoms with E-state index in [2.05, 4.69) is 20.8 Å². The third kappa shape index (κ3) is 5.28. The fourth-order valence-corrected chi connectivity index (χ4v) is 2.28. The second-order valence-corrected chi connectivity index (χ2v) is 6.94. The van der Waals surface area contributed by atoms with Crippen LogP contribution in [0.3, 0.4) is 0 Å². The van der Waals surface area contributed by atoms with Crippen LogP contribution in [0.25, 0.3) is 0 Å². The number of hydrogen-bond acceptors (Lipinski definition) is 5. The van der Waals surface area contributed by atoms with Crippen LogP contribution in [-0.2, 0) is 14.9 Å². The molecule has 0 aliphatic heterocycles. The third-order valence-corrected chi connectivity index (χ3v) is 3.76. The number of esters is 2. The molecule has 0 heterocycles. The Morgan fingerprint density at radius 1 is 0.846 bits per heavy atom. The minimum absolute atomic E-state index is 0.00331. The average molecular weight is 354 g/mol. The smallest absolute Gasteiger partial charge is 0.338 e. The van der Waals surface area contributed by atoms with Gasteiger partial charge in [-0.3, -0.25) is 9.59 Å². The van der Waals surface area contributed by atoms with Gasteiger partial charge in [0.25, 0.3) is 0 Å². The minimum Gasteiger partial charge on any atom is -0.454 e. The van der Waals surface area contributed by atoms with E-state index in [9.17, 15) is 14.4 Å². The first-order chi connectivity index (χ1) is 12.2. The number of carbonyl (C=O) groups is 3. The molecule has 0 aliphatic rings. The molecule has 2 rings (SSSR count). The zero-order chi connectivity index (χ0) is 19.3. The van der Waals surface area contributed by atoms with Gasteiger partial charge in [0, 0.05) is 12.5 Å². The molecule has 0 amide bonds. The van der Waals surface area contributed by atoms with E-state index in [-0.39, 0.29) is 17.8 Å².